The first-order valence-electron chi connectivity index (χ1n) is 9.10. The molecule has 1 N–H and O–H groups in total. The van der Waals surface area contributed by atoms with Crippen LogP contribution in [0, 0.1) is 0 Å². The first-order chi connectivity index (χ1) is 10.9. The summed E-state index contributed by atoms with van der Waals surface area (Å²) in [6.45, 7) is 7.88. The maximum atomic E-state index is 10.8. The van der Waals surface area contributed by atoms with E-state index in [2.05, 4.69) is 45.8 Å². The summed E-state index contributed by atoms with van der Waals surface area (Å²) in [4.78, 5) is 3.70. The highest BCUT2D eigenvalue weighted by Crippen LogP contribution is 2.49. The third-order valence-electron chi connectivity index (χ3n) is 4.69. The van der Waals surface area contributed by atoms with Crippen LogP contribution in [0.2, 0.25) is 0 Å². The summed E-state index contributed by atoms with van der Waals surface area (Å²) in [6, 6.07) is 2.28. The molecule has 1 aliphatic heterocycles. The Hall–Kier alpha value is -0.670. The van der Waals surface area contributed by atoms with Crippen LogP contribution in [0.3, 0.4) is 0 Å². The van der Waals surface area contributed by atoms with E-state index in [0.717, 1.165) is 38.6 Å². The molecule has 0 fully saturated rings. The van der Waals surface area contributed by atoms with E-state index in [0.29, 0.717) is 5.75 Å². The Morgan fingerprint density at radius 1 is 1.17 bits per heavy atom. The summed E-state index contributed by atoms with van der Waals surface area (Å²) in [5.41, 5.74) is 3.83. The van der Waals surface area contributed by atoms with Gasteiger partial charge in [0, 0.05) is 16.2 Å². The lowest BCUT2D eigenvalue weighted by Gasteiger charge is -2.26. The summed E-state index contributed by atoms with van der Waals surface area (Å²) in [5, 5.41) is 10.8. The molecule has 0 bridgehead atoms. The standard InChI is InChI=1S/C20H33NOS/c1-6-8-10-15-12-18-17(16(19(15)22)11-9-7-2)13-20(3,23-18)14-21(4)5/h12,22H,6-11,13-14H2,1-5H3. The van der Waals surface area contributed by atoms with Crippen LogP contribution in [0.5, 0.6) is 5.75 Å². The topological polar surface area (TPSA) is 23.5 Å². The average Bonchev–Trinajstić information content (AvgIpc) is 2.79. The predicted octanol–water partition coefficient (Wildman–Crippen LogP) is 5.05. The molecule has 2 nitrogen and oxygen atoms in total. The quantitative estimate of drug-likeness (QED) is 0.719. The molecule has 2 rings (SSSR count). The zero-order chi connectivity index (χ0) is 17.0. The van der Waals surface area contributed by atoms with Crippen LogP contribution >= 0.6 is 11.8 Å². The van der Waals surface area contributed by atoms with Gasteiger partial charge >= 0.3 is 0 Å². The van der Waals surface area contributed by atoms with Crippen molar-refractivity contribution >= 4 is 11.8 Å². The van der Waals surface area contributed by atoms with Crippen molar-refractivity contribution in [3.05, 3.63) is 22.8 Å². The van der Waals surface area contributed by atoms with Gasteiger partial charge in [0.1, 0.15) is 5.75 Å². The van der Waals surface area contributed by atoms with Crippen LogP contribution in [0.25, 0.3) is 0 Å². The molecule has 0 aromatic heterocycles. The highest BCUT2D eigenvalue weighted by molar-refractivity contribution is 8.01. The van der Waals surface area contributed by atoms with Crippen molar-refractivity contribution in [2.75, 3.05) is 20.6 Å². The van der Waals surface area contributed by atoms with Gasteiger partial charge in [0.2, 0.25) is 0 Å². The Kier molecular flexibility index (Phi) is 6.44. The number of aryl methyl sites for hydroxylation is 1. The van der Waals surface area contributed by atoms with Crippen LogP contribution in [0.1, 0.15) is 63.1 Å². The van der Waals surface area contributed by atoms with Crippen LogP contribution in [-0.2, 0) is 19.3 Å². The number of fused-ring (bicyclic) bond motifs is 1. The van der Waals surface area contributed by atoms with Gasteiger partial charge in [-0.15, -0.1) is 11.8 Å². The van der Waals surface area contributed by atoms with Crippen LogP contribution in [0.4, 0.5) is 0 Å². The van der Waals surface area contributed by atoms with E-state index >= 15 is 0 Å². The molecule has 1 unspecified atom stereocenters. The summed E-state index contributed by atoms with van der Waals surface area (Å²) < 4.78 is 0.225. The van der Waals surface area contributed by atoms with Crippen molar-refractivity contribution in [1.29, 1.82) is 0 Å². The van der Waals surface area contributed by atoms with Crippen molar-refractivity contribution in [1.82, 2.24) is 4.90 Å². The number of aromatic hydroxyl groups is 1. The highest BCUT2D eigenvalue weighted by Gasteiger charge is 2.37. The molecule has 1 aromatic rings. The van der Waals surface area contributed by atoms with E-state index in [-0.39, 0.29) is 4.75 Å². The fourth-order valence-corrected chi connectivity index (χ4v) is 5.29. The predicted molar refractivity (Wildman–Crippen MR) is 102 cm³/mol. The van der Waals surface area contributed by atoms with Gasteiger partial charge in [-0.25, -0.2) is 0 Å². The number of nitrogens with zero attached hydrogens (tertiary/aromatic N) is 1. The Morgan fingerprint density at radius 2 is 1.83 bits per heavy atom. The number of hydrogen-bond donors (Lipinski definition) is 1. The van der Waals surface area contributed by atoms with E-state index in [1.54, 1.807) is 0 Å². The number of thioether (sulfide) groups is 1. The molecule has 0 aliphatic carbocycles. The Morgan fingerprint density at radius 3 is 2.43 bits per heavy atom. The molecular formula is C20H33NOS. The normalized spacial score (nSPS) is 20.3. The first kappa shape index (κ1) is 18.7. The van der Waals surface area contributed by atoms with Crippen molar-refractivity contribution < 1.29 is 5.11 Å². The summed E-state index contributed by atoms with van der Waals surface area (Å²) in [6.07, 6.45) is 7.75. The first-order valence-corrected chi connectivity index (χ1v) is 9.92. The van der Waals surface area contributed by atoms with Gasteiger partial charge in [0.05, 0.1) is 0 Å². The third kappa shape index (κ3) is 4.45. The number of unbranched alkanes of at least 4 members (excludes halogenated alkanes) is 2. The van der Waals surface area contributed by atoms with Crippen LogP contribution in [0.15, 0.2) is 11.0 Å². The van der Waals surface area contributed by atoms with Gasteiger partial charge in [-0.2, -0.15) is 0 Å². The van der Waals surface area contributed by atoms with E-state index in [1.165, 1.54) is 34.4 Å². The Bertz CT molecular complexity index is 541. The summed E-state index contributed by atoms with van der Waals surface area (Å²) in [7, 11) is 4.30. The molecule has 3 heteroatoms. The fraction of sp³-hybridized carbons (Fsp3) is 0.700. The van der Waals surface area contributed by atoms with E-state index < -0.39 is 0 Å². The molecule has 1 heterocycles. The molecule has 23 heavy (non-hydrogen) atoms. The zero-order valence-corrected chi connectivity index (χ0v) is 16.4. The molecule has 0 saturated carbocycles. The smallest absolute Gasteiger partial charge is 0.122 e. The third-order valence-corrected chi connectivity index (χ3v) is 6.05. The van der Waals surface area contributed by atoms with Crippen molar-refractivity contribution in [3.63, 3.8) is 0 Å². The maximum Gasteiger partial charge on any atom is 0.122 e. The van der Waals surface area contributed by atoms with E-state index in [9.17, 15) is 5.11 Å². The number of phenols is 1. The summed E-state index contributed by atoms with van der Waals surface area (Å²) >= 11 is 2.02. The fourth-order valence-electron chi connectivity index (χ4n) is 3.70. The minimum atomic E-state index is 0.225. The largest absolute Gasteiger partial charge is 0.507 e. The lowest BCUT2D eigenvalue weighted by Crippen LogP contribution is -2.33. The zero-order valence-electron chi connectivity index (χ0n) is 15.5. The van der Waals surface area contributed by atoms with E-state index in [1.807, 2.05) is 11.8 Å². The number of benzene rings is 1. The van der Waals surface area contributed by atoms with E-state index in [4.69, 9.17) is 0 Å². The van der Waals surface area contributed by atoms with Gasteiger partial charge in [-0.1, -0.05) is 26.7 Å². The van der Waals surface area contributed by atoms with Gasteiger partial charge in [0.25, 0.3) is 0 Å². The van der Waals surface area contributed by atoms with Gasteiger partial charge in [-0.05, 0) is 75.9 Å². The summed E-state index contributed by atoms with van der Waals surface area (Å²) in [5.74, 6) is 0.598. The Balaban J connectivity index is 2.36. The molecule has 0 radical (unpaired) electrons. The molecule has 0 spiro atoms. The second-order valence-electron chi connectivity index (χ2n) is 7.51. The molecule has 1 aliphatic rings. The molecule has 1 atom stereocenters. The van der Waals surface area contributed by atoms with Gasteiger partial charge in [0.15, 0.2) is 0 Å². The van der Waals surface area contributed by atoms with Gasteiger partial charge in [-0.3, -0.25) is 0 Å². The second-order valence-corrected chi connectivity index (χ2v) is 9.14. The molecule has 130 valence electrons. The molecule has 1 aromatic carbocycles. The maximum absolute atomic E-state index is 10.8. The second kappa shape index (κ2) is 7.94. The van der Waals surface area contributed by atoms with Gasteiger partial charge < -0.3 is 10.0 Å². The SMILES string of the molecule is CCCCc1cc2c(c(CCCC)c1O)CC(C)(CN(C)C)S2. The average molecular weight is 336 g/mol. The number of phenolic OH excluding ortho intramolecular Hbond substituents is 1. The van der Waals surface area contributed by atoms with Crippen molar-refractivity contribution in [3.8, 4) is 5.75 Å². The van der Waals surface area contributed by atoms with Crippen molar-refractivity contribution in [2.45, 2.75) is 75.4 Å². The lowest BCUT2D eigenvalue weighted by molar-refractivity contribution is 0.362. The molecule has 0 amide bonds. The minimum Gasteiger partial charge on any atom is -0.507 e. The molecular weight excluding hydrogens is 302 g/mol. The number of rotatable bonds is 8. The van der Waals surface area contributed by atoms with Crippen LogP contribution < -0.4 is 0 Å². The lowest BCUT2D eigenvalue weighted by atomic mass is 9.90. The van der Waals surface area contributed by atoms with Crippen LogP contribution in [-0.4, -0.2) is 35.4 Å². The monoisotopic (exact) mass is 335 g/mol. The number of hydrogen-bond acceptors (Lipinski definition) is 3. The minimum absolute atomic E-state index is 0.225. The highest BCUT2D eigenvalue weighted by atomic mass is 32.2. The Labute approximate surface area is 146 Å². The van der Waals surface area contributed by atoms with Crippen molar-refractivity contribution in [2.24, 2.45) is 0 Å². The molecule has 0 saturated heterocycles.